The van der Waals surface area contributed by atoms with Crippen LogP contribution in [0.25, 0.3) is 0 Å². The van der Waals surface area contributed by atoms with Crippen molar-refractivity contribution in [1.82, 2.24) is 5.32 Å². The van der Waals surface area contributed by atoms with Crippen LogP contribution in [0.15, 0.2) is 18.2 Å². The summed E-state index contributed by atoms with van der Waals surface area (Å²) in [6.45, 7) is 3.90. The van der Waals surface area contributed by atoms with Gasteiger partial charge in [-0.05, 0) is 49.5 Å². The molecule has 0 radical (unpaired) electrons. The Kier molecular flexibility index (Phi) is 7.32. The molecule has 0 amide bonds. The molecule has 0 bridgehead atoms. The van der Waals surface area contributed by atoms with E-state index in [-0.39, 0.29) is 18.3 Å². The Bertz CT molecular complexity index is 458. The van der Waals surface area contributed by atoms with Gasteiger partial charge in [0.15, 0.2) is 0 Å². The predicted octanol–water partition coefficient (Wildman–Crippen LogP) is 4.48. The van der Waals surface area contributed by atoms with Gasteiger partial charge < -0.3 is 5.32 Å². The molecule has 1 saturated heterocycles. The molecule has 1 atom stereocenters. The van der Waals surface area contributed by atoms with Gasteiger partial charge in [-0.15, -0.1) is 12.4 Å². The highest BCUT2D eigenvalue weighted by molar-refractivity contribution is 6.42. The first-order valence-electron chi connectivity index (χ1n) is 6.82. The van der Waals surface area contributed by atoms with Crippen molar-refractivity contribution in [3.8, 4) is 0 Å². The van der Waals surface area contributed by atoms with Gasteiger partial charge in [0.1, 0.15) is 5.78 Å². The second kappa shape index (κ2) is 8.23. The number of carbonyl (C=O) groups excluding carboxylic acids is 1. The van der Waals surface area contributed by atoms with E-state index < -0.39 is 0 Å². The molecule has 0 aromatic heterocycles. The van der Waals surface area contributed by atoms with Gasteiger partial charge in [-0.1, -0.05) is 36.2 Å². The number of halogens is 3. The van der Waals surface area contributed by atoms with Gasteiger partial charge in [0.05, 0.1) is 10.0 Å². The summed E-state index contributed by atoms with van der Waals surface area (Å²) in [7, 11) is 0. The van der Waals surface area contributed by atoms with Crippen molar-refractivity contribution in [2.45, 2.75) is 32.1 Å². The SMILES string of the molecule is CCC(=O)C(c1ccc(Cl)c(Cl)c1)C1CCNCC1.Cl. The number of carbonyl (C=O) groups is 1. The zero-order valence-corrected chi connectivity index (χ0v) is 13.8. The molecule has 1 aliphatic rings. The van der Waals surface area contributed by atoms with E-state index in [1.54, 1.807) is 6.07 Å². The maximum atomic E-state index is 12.3. The van der Waals surface area contributed by atoms with Crippen LogP contribution in [0.4, 0.5) is 0 Å². The van der Waals surface area contributed by atoms with Gasteiger partial charge in [-0.2, -0.15) is 0 Å². The van der Waals surface area contributed by atoms with E-state index in [1.807, 2.05) is 19.1 Å². The topological polar surface area (TPSA) is 29.1 Å². The van der Waals surface area contributed by atoms with E-state index in [1.165, 1.54) is 0 Å². The van der Waals surface area contributed by atoms with Crippen molar-refractivity contribution < 1.29 is 4.79 Å². The fourth-order valence-electron chi connectivity index (χ4n) is 2.82. The normalized spacial score (nSPS) is 17.4. The molecule has 0 spiro atoms. The molecule has 1 fully saturated rings. The fraction of sp³-hybridized carbons (Fsp3) is 0.533. The largest absolute Gasteiger partial charge is 0.317 e. The first-order valence-corrected chi connectivity index (χ1v) is 7.57. The van der Waals surface area contributed by atoms with Gasteiger partial charge in [-0.25, -0.2) is 0 Å². The summed E-state index contributed by atoms with van der Waals surface area (Å²) in [6, 6.07) is 5.58. The lowest BCUT2D eigenvalue weighted by Gasteiger charge is -2.30. The van der Waals surface area contributed by atoms with E-state index in [0.717, 1.165) is 31.5 Å². The van der Waals surface area contributed by atoms with Crippen molar-refractivity contribution in [3.05, 3.63) is 33.8 Å². The van der Waals surface area contributed by atoms with E-state index in [2.05, 4.69) is 5.32 Å². The highest BCUT2D eigenvalue weighted by atomic mass is 35.5. The lowest BCUT2D eigenvalue weighted by Crippen LogP contribution is -2.33. The molecule has 0 aliphatic carbocycles. The summed E-state index contributed by atoms with van der Waals surface area (Å²) in [6.07, 6.45) is 2.64. The van der Waals surface area contributed by atoms with Crippen LogP contribution < -0.4 is 5.32 Å². The van der Waals surface area contributed by atoms with Crippen molar-refractivity contribution in [1.29, 1.82) is 0 Å². The number of benzene rings is 1. The molecule has 1 N–H and O–H groups in total. The van der Waals surface area contributed by atoms with E-state index in [0.29, 0.717) is 28.2 Å². The van der Waals surface area contributed by atoms with Crippen molar-refractivity contribution in [2.75, 3.05) is 13.1 Å². The van der Waals surface area contributed by atoms with Crippen LogP contribution in [0, 0.1) is 5.92 Å². The second-order valence-corrected chi connectivity index (χ2v) is 5.87. The molecule has 0 saturated carbocycles. The number of rotatable bonds is 4. The Balaban J connectivity index is 0.00000200. The van der Waals surface area contributed by atoms with Crippen molar-refractivity contribution in [3.63, 3.8) is 0 Å². The third-order valence-corrected chi connectivity index (χ3v) is 4.59. The molecule has 1 aliphatic heterocycles. The van der Waals surface area contributed by atoms with Gasteiger partial charge in [0.25, 0.3) is 0 Å². The van der Waals surface area contributed by atoms with Crippen LogP contribution in [-0.4, -0.2) is 18.9 Å². The first-order chi connectivity index (χ1) is 9.13. The first kappa shape index (κ1) is 17.8. The molecule has 5 heteroatoms. The van der Waals surface area contributed by atoms with E-state index >= 15 is 0 Å². The summed E-state index contributed by atoms with van der Waals surface area (Å²) in [4.78, 5) is 12.3. The Morgan fingerprint density at radius 1 is 1.30 bits per heavy atom. The van der Waals surface area contributed by atoms with Crippen LogP contribution >= 0.6 is 35.6 Å². The maximum Gasteiger partial charge on any atom is 0.140 e. The average Bonchev–Trinajstić information content (AvgIpc) is 2.44. The highest BCUT2D eigenvalue weighted by Gasteiger charge is 2.30. The minimum Gasteiger partial charge on any atom is -0.317 e. The van der Waals surface area contributed by atoms with Gasteiger partial charge >= 0.3 is 0 Å². The van der Waals surface area contributed by atoms with E-state index in [9.17, 15) is 4.79 Å². The lowest BCUT2D eigenvalue weighted by molar-refractivity contribution is -0.121. The average molecular weight is 337 g/mol. The molecule has 1 heterocycles. The number of hydrogen-bond acceptors (Lipinski definition) is 2. The summed E-state index contributed by atoms with van der Waals surface area (Å²) in [5.74, 6) is 0.665. The van der Waals surface area contributed by atoms with Crippen LogP contribution in [0.2, 0.25) is 10.0 Å². The van der Waals surface area contributed by atoms with Gasteiger partial charge in [0, 0.05) is 12.3 Å². The van der Waals surface area contributed by atoms with E-state index in [4.69, 9.17) is 23.2 Å². The number of Topliss-reactive ketones (excluding diaryl/α,β-unsaturated/α-hetero) is 1. The lowest BCUT2D eigenvalue weighted by atomic mass is 9.77. The van der Waals surface area contributed by atoms with Crippen LogP contribution in [-0.2, 0) is 4.79 Å². The predicted molar refractivity (Wildman–Crippen MR) is 87.3 cm³/mol. The van der Waals surface area contributed by atoms with Crippen molar-refractivity contribution in [2.24, 2.45) is 5.92 Å². The monoisotopic (exact) mass is 335 g/mol. The van der Waals surface area contributed by atoms with Crippen LogP contribution in [0.3, 0.4) is 0 Å². The molecule has 20 heavy (non-hydrogen) atoms. The second-order valence-electron chi connectivity index (χ2n) is 5.06. The summed E-state index contributed by atoms with van der Waals surface area (Å²) >= 11 is 12.0. The molecule has 2 nitrogen and oxygen atoms in total. The summed E-state index contributed by atoms with van der Waals surface area (Å²) in [5.41, 5.74) is 1.01. The zero-order chi connectivity index (χ0) is 13.8. The Morgan fingerprint density at radius 3 is 2.50 bits per heavy atom. The standard InChI is InChI=1S/C15H19Cl2NO.ClH/c1-2-14(19)15(10-5-7-18-8-6-10)11-3-4-12(16)13(17)9-11;/h3-4,9-10,15,18H,2,5-8H2,1H3;1H. The van der Waals surface area contributed by atoms with Gasteiger partial charge in [-0.3, -0.25) is 4.79 Å². The minimum atomic E-state index is -0.0399. The molecule has 1 unspecified atom stereocenters. The third-order valence-electron chi connectivity index (χ3n) is 3.85. The molecule has 2 rings (SSSR count). The quantitative estimate of drug-likeness (QED) is 0.878. The number of piperidine rings is 1. The minimum absolute atomic E-state index is 0. The Labute approximate surface area is 136 Å². The van der Waals surface area contributed by atoms with Crippen molar-refractivity contribution >= 4 is 41.4 Å². The number of ketones is 1. The highest BCUT2D eigenvalue weighted by Crippen LogP contribution is 2.35. The Hall–Kier alpha value is -0.280. The molecular weight excluding hydrogens is 317 g/mol. The smallest absolute Gasteiger partial charge is 0.140 e. The molecule has 1 aromatic rings. The summed E-state index contributed by atoms with van der Waals surface area (Å²) in [5, 5.41) is 4.41. The zero-order valence-electron chi connectivity index (χ0n) is 11.5. The van der Waals surface area contributed by atoms with Crippen LogP contribution in [0.1, 0.15) is 37.7 Å². The molecular formula is C15H20Cl3NO. The van der Waals surface area contributed by atoms with Crippen LogP contribution in [0.5, 0.6) is 0 Å². The number of hydrogen-bond donors (Lipinski definition) is 1. The molecule has 112 valence electrons. The van der Waals surface area contributed by atoms with Gasteiger partial charge in [0.2, 0.25) is 0 Å². The Morgan fingerprint density at radius 2 is 1.95 bits per heavy atom. The fourth-order valence-corrected chi connectivity index (χ4v) is 3.13. The summed E-state index contributed by atoms with van der Waals surface area (Å²) < 4.78 is 0. The maximum absolute atomic E-state index is 12.3. The molecule has 1 aromatic carbocycles. The third kappa shape index (κ3) is 4.11. The number of nitrogens with one attached hydrogen (secondary N) is 1.